The quantitative estimate of drug-likeness (QED) is 0.748. The van der Waals surface area contributed by atoms with Crippen LogP contribution >= 0.6 is 0 Å². The van der Waals surface area contributed by atoms with Gasteiger partial charge in [0.2, 0.25) is 0 Å². The van der Waals surface area contributed by atoms with Gasteiger partial charge < -0.3 is 5.11 Å². The SMILES string of the molecule is C[C@]12C=CC(=O)CC1CC[C@@H]1[C@@H]2CC[C@]2(C)C(=O)[C@H](O)C[C@@H]12. The number of hydrogen-bond donors (Lipinski definition) is 1. The van der Waals surface area contributed by atoms with Crippen molar-refractivity contribution in [2.24, 2.45) is 34.5 Å². The van der Waals surface area contributed by atoms with Crippen molar-refractivity contribution in [3.8, 4) is 0 Å². The van der Waals surface area contributed by atoms with E-state index in [1.54, 1.807) is 6.08 Å². The third-order valence-corrected chi connectivity index (χ3v) is 7.77. The highest BCUT2D eigenvalue weighted by Crippen LogP contribution is 2.64. The van der Waals surface area contributed by atoms with Crippen LogP contribution in [0.4, 0.5) is 0 Å². The van der Waals surface area contributed by atoms with Crippen LogP contribution in [0.15, 0.2) is 12.2 Å². The van der Waals surface area contributed by atoms with E-state index in [0.29, 0.717) is 36.5 Å². The van der Waals surface area contributed by atoms with Gasteiger partial charge in [-0.1, -0.05) is 19.9 Å². The number of carbonyl (C=O) groups is 2. The van der Waals surface area contributed by atoms with E-state index in [4.69, 9.17) is 0 Å². The van der Waals surface area contributed by atoms with Crippen LogP contribution in [0.2, 0.25) is 0 Å². The molecular weight excluding hydrogens is 276 g/mol. The first kappa shape index (κ1) is 14.6. The average Bonchev–Trinajstić information content (AvgIpc) is 2.72. The van der Waals surface area contributed by atoms with E-state index in [-0.39, 0.29) is 22.4 Å². The molecular formula is C19H26O3. The molecule has 0 aromatic rings. The van der Waals surface area contributed by atoms with Crippen LogP contribution in [0.25, 0.3) is 0 Å². The van der Waals surface area contributed by atoms with Gasteiger partial charge in [0.05, 0.1) is 0 Å². The van der Waals surface area contributed by atoms with Crippen molar-refractivity contribution in [3.05, 3.63) is 12.2 Å². The van der Waals surface area contributed by atoms with Crippen LogP contribution < -0.4 is 0 Å². The molecule has 3 fully saturated rings. The highest BCUT2D eigenvalue weighted by Gasteiger charge is 2.61. The highest BCUT2D eigenvalue weighted by molar-refractivity contribution is 5.92. The average molecular weight is 302 g/mol. The molecule has 3 saturated carbocycles. The van der Waals surface area contributed by atoms with Crippen LogP contribution in [0.5, 0.6) is 0 Å². The van der Waals surface area contributed by atoms with Crippen molar-refractivity contribution >= 4 is 11.6 Å². The lowest BCUT2D eigenvalue weighted by atomic mass is 9.46. The van der Waals surface area contributed by atoms with Crippen molar-refractivity contribution in [1.29, 1.82) is 0 Å². The Hall–Kier alpha value is -0.960. The Bertz CT molecular complexity index is 565. The lowest BCUT2D eigenvalue weighted by molar-refractivity contribution is -0.138. The second-order valence-electron chi connectivity index (χ2n) is 8.59. The van der Waals surface area contributed by atoms with E-state index in [1.165, 1.54) is 0 Å². The van der Waals surface area contributed by atoms with E-state index in [9.17, 15) is 14.7 Å². The van der Waals surface area contributed by atoms with E-state index >= 15 is 0 Å². The zero-order chi connectivity index (χ0) is 15.7. The van der Waals surface area contributed by atoms with Crippen molar-refractivity contribution in [1.82, 2.24) is 0 Å². The molecule has 3 nitrogen and oxygen atoms in total. The van der Waals surface area contributed by atoms with Crippen LogP contribution in [0.3, 0.4) is 0 Å². The Kier molecular flexibility index (Phi) is 3.01. The van der Waals surface area contributed by atoms with Crippen LogP contribution in [-0.2, 0) is 9.59 Å². The van der Waals surface area contributed by atoms with Gasteiger partial charge >= 0.3 is 0 Å². The van der Waals surface area contributed by atoms with Gasteiger partial charge in [-0.3, -0.25) is 9.59 Å². The molecule has 22 heavy (non-hydrogen) atoms. The molecule has 0 radical (unpaired) electrons. The monoisotopic (exact) mass is 302 g/mol. The molecule has 4 aliphatic rings. The molecule has 3 heteroatoms. The number of aliphatic hydroxyl groups is 1. The standard InChI is InChI=1S/C19H26O3/c1-18-7-5-12(20)9-11(18)3-4-13-14(18)6-8-19(2)15(13)10-16(21)17(19)22/h5,7,11,13-16,21H,3-4,6,8-10H2,1-2H3/t11?,13-,14+,15+,16-,18+,19+/m1/s1. The molecule has 1 unspecified atom stereocenters. The van der Waals surface area contributed by atoms with Gasteiger partial charge in [-0.2, -0.15) is 0 Å². The van der Waals surface area contributed by atoms with Gasteiger partial charge in [0.15, 0.2) is 11.6 Å². The molecule has 0 heterocycles. The summed E-state index contributed by atoms with van der Waals surface area (Å²) in [6.45, 7) is 4.41. The molecule has 4 aliphatic carbocycles. The number of fused-ring (bicyclic) bond motifs is 5. The van der Waals surface area contributed by atoms with Crippen molar-refractivity contribution in [2.75, 3.05) is 0 Å². The minimum absolute atomic E-state index is 0.0811. The molecule has 0 aromatic carbocycles. The van der Waals surface area contributed by atoms with Crippen molar-refractivity contribution in [3.63, 3.8) is 0 Å². The van der Waals surface area contributed by atoms with Gasteiger partial charge in [-0.05, 0) is 67.3 Å². The molecule has 1 N–H and O–H groups in total. The van der Waals surface area contributed by atoms with Crippen LogP contribution in [0, 0.1) is 34.5 Å². The summed E-state index contributed by atoms with van der Waals surface area (Å²) >= 11 is 0. The smallest absolute Gasteiger partial charge is 0.167 e. The van der Waals surface area contributed by atoms with Crippen molar-refractivity contribution in [2.45, 2.75) is 58.5 Å². The fourth-order valence-corrected chi connectivity index (χ4v) is 6.42. The van der Waals surface area contributed by atoms with Gasteiger partial charge in [-0.25, -0.2) is 0 Å². The van der Waals surface area contributed by atoms with E-state index in [2.05, 4.69) is 19.9 Å². The Labute approximate surface area is 132 Å². The third kappa shape index (κ3) is 1.72. The topological polar surface area (TPSA) is 54.4 Å². The second-order valence-corrected chi connectivity index (χ2v) is 8.59. The number of carbonyl (C=O) groups excluding carboxylic acids is 2. The van der Waals surface area contributed by atoms with Crippen LogP contribution in [0.1, 0.15) is 52.4 Å². The molecule has 0 spiro atoms. The number of hydrogen-bond acceptors (Lipinski definition) is 3. The summed E-state index contributed by atoms with van der Waals surface area (Å²) in [5, 5.41) is 10.1. The first-order valence-electron chi connectivity index (χ1n) is 8.81. The van der Waals surface area contributed by atoms with Gasteiger partial charge in [0.25, 0.3) is 0 Å². The van der Waals surface area contributed by atoms with Gasteiger partial charge in [-0.15, -0.1) is 0 Å². The molecule has 0 aliphatic heterocycles. The summed E-state index contributed by atoms with van der Waals surface area (Å²) in [5.41, 5.74) is -0.202. The minimum Gasteiger partial charge on any atom is -0.385 e. The Balaban J connectivity index is 1.70. The zero-order valence-electron chi connectivity index (χ0n) is 13.5. The maximum Gasteiger partial charge on any atom is 0.167 e. The summed E-state index contributed by atoms with van der Waals surface area (Å²) < 4.78 is 0. The van der Waals surface area contributed by atoms with E-state index < -0.39 is 6.10 Å². The number of aliphatic hydroxyl groups excluding tert-OH is 1. The molecule has 0 saturated heterocycles. The fourth-order valence-electron chi connectivity index (χ4n) is 6.42. The van der Waals surface area contributed by atoms with Crippen molar-refractivity contribution < 1.29 is 14.7 Å². The molecule has 0 bridgehead atoms. The van der Waals surface area contributed by atoms with Gasteiger partial charge in [0, 0.05) is 11.8 Å². The summed E-state index contributed by atoms with van der Waals surface area (Å²) in [6.07, 6.45) is 8.73. The molecule has 0 aromatic heterocycles. The minimum atomic E-state index is -0.747. The largest absolute Gasteiger partial charge is 0.385 e. The number of allylic oxidation sites excluding steroid dienone is 2. The third-order valence-electron chi connectivity index (χ3n) is 7.77. The molecule has 4 rings (SSSR count). The maximum atomic E-state index is 12.4. The number of Topliss-reactive ketones (excluding diaryl/α,β-unsaturated/α-hetero) is 1. The predicted octanol–water partition coefficient (Wildman–Crippen LogP) is 2.91. The predicted molar refractivity (Wildman–Crippen MR) is 83.0 cm³/mol. The van der Waals surface area contributed by atoms with E-state index in [0.717, 1.165) is 25.7 Å². The first-order valence-corrected chi connectivity index (χ1v) is 8.81. The van der Waals surface area contributed by atoms with Crippen LogP contribution in [-0.4, -0.2) is 22.8 Å². The lowest BCUT2D eigenvalue weighted by Gasteiger charge is -2.57. The normalized spacial score (nSPS) is 53.9. The fraction of sp³-hybridized carbons (Fsp3) is 0.789. The molecule has 7 atom stereocenters. The molecule has 120 valence electrons. The Morgan fingerprint density at radius 2 is 1.91 bits per heavy atom. The molecule has 0 amide bonds. The first-order chi connectivity index (χ1) is 10.4. The maximum absolute atomic E-state index is 12.4. The Morgan fingerprint density at radius 3 is 2.68 bits per heavy atom. The number of ketones is 2. The summed E-state index contributed by atoms with van der Waals surface area (Å²) in [7, 11) is 0. The summed E-state index contributed by atoms with van der Waals surface area (Å²) in [6, 6.07) is 0. The summed E-state index contributed by atoms with van der Waals surface area (Å²) in [4.78, 5) is 24.2. The highest BCUT2D eigenvalue weighted by atomic mass is 16.3. The summed E-state index contributed by atoms with van der Waals surface area (Å²) in [5.74, 6) is 2.24. The lowest BCUT2D eigenvalue weighted by Crippen LogP contribution is -2.52. The zero-order valence-corrected chi connectivity index (χ0v) is 13.5. The van der Waals surface area contributed by atoms with Gasteiger partial charge in [0.1, 0.15) is 6.10 Å². The Morgan fingerprint density at radius 1 is 1.14 bits per heavy atom. The number of rotatable bonds is 0. The second kappa shape index (κ2) is 4.53. The van der Waals surface area contributed by atoms with E-state index in [1.807, 2.05) is 0 Å².